The highest BCUT2D eigenvalue weighted by atomic mass is 127. The number of hydrogen-bond acceptors (Lipinski definition) is 4. The maximum absolute atomic E-state index is 4.80. The maximum atomic E-state index is 4.80. The van der Waals surface area contributed by atoms with Gasteiger partial charge in [-0.15, -0.1) is 11.3 Å². The highest BCUT2D eigenvalue weighted by Crippen LogP contribution is 2.42. The summed E-state index contributed by atoms with van der Waals surface area (Å²) < 4.78 is 1.21. The van der Waals surface area contributed by atoms with Crippen molar-refractivity contribution in [2.45, 2.75) is 32.1 Å². The minimum Gasteiger partial charge on any atom is -0.369 e. The monoisotopic (exact) mass is 385 g/mol. The largest absolute Gasteiger partial charge is 0.369 e. The van der Waals surface area contributed by atoms with Crippen LogP contribution in [0.15, 0.2) is 17.5 Å². The molecule has 2 aromatic heterocycles. The quantitative estimate of drug-likeness (QED) is 0.790. The van der Waals surface area contributed by atoms with Gasteiger partial charge in [0.05, 0.1) is 9.26 Å². The van der Waals surface area contributed by atoms with Crippen LogP contribution >= 0.6 is 33.9 Å². The molecule has 0 amide bonds. The molecule has 0 aromatic carbocycles. The Morgan fingerprint density at radius 1 is 1.42 bits per heavy atom. The molecular formula is C14H16IN3S. The highest BCUT2D eigenvalue weighted by molar-refractivity contribution is 14.1. The molecule has 1 aliphatic rings. The van der Waals surface area contributed by atoms with Crippen molar-refractivity contribution in [2.75, 3.05) is 11.9 Å². The molecule has 1 saturated carbocycles. The van der Waals surface area contributed by atoms with Crippen LogP contribution in [0.1, 0.15) is 42.1 Å². The molecule has 0 unspecified atom stereocenters. The van der Waals surface area contributed by atoms with Gasteiger partial charge in [-0.3, -0.25) is 0 Å². The molecule has 0 bridgehead atoms. The van der Waals surface area contributed by atoms with Crippen LogP contribution in [0.4, 0.5) is 5.82 Å². The van der Waals surface area contributed by atoms with E-state index < -0.39 is 0 Å². The van der Waals surface area contributed by atoms with Gasteiger partial charge < -0.3 is 5.32 Å². The summed E-state index contributed by atoms with van der Waals surface area (Å²) in [5.74, 6) is 2.61. The van der Waals surface area contributed by atoms with E-state index in [1.807, 2.05) is 0 Å². The van der Waals surface area contributed by atoms with Crippen molar-refractivity contribution in [3.05, 3.63) is 37.5 Å². The van der Waals surface area contributed by atoms with Crippen molar-refractivity contribution in [3.8, 4) is 0 Å². The summed E-state index contributed by atoms with van der Waals surface area (Å²) >= 11 is 4.15. The lowest BCUT2D eigenvalue weighted by atomic mass is 10.2. The van der Waals surface area contributed by atoms with Gasteiger partial charge in [-0.2, -0.15) is 0 Å². The fourth-order valence-electron chi connectivity index (χ4n) is 2.07. The first kappa shape index (κ1) is 13.3. The van der Waals surface area contributed by atoms with Crippen LogP contribution in [0, 0.1) is 3.57 Å². The Morgan fingerprint density at radius 3 is 2.89 bits per heavy atom. The number of nitrogens with zero attached hydrogens (tertiary/aromatic N) is 2. The molecule has 0 aliphatic heterocycles. The zero-order valence-corrected chi connectivity index (χ0v) is 13.8. The van der Waals surface area contributed by atoms with Crippen molar-refractivity contribution in [1.82, 2.24) is 9.97 Å². The van der Waals surface area contributed by atoms with Crippen LogP contribution in [-0.4, -0.2) is 16.5 Å². The average Bonchev–Trinajstić information content (AvgIpc) is 3.12. The molecule has 0 atom stereocenters. The predicted molar refractivity (Wildman–Crippen MR) is 88.0 cm³/mol. The van der Waals surface area contributed by atoms with E-state index in [0.29, 0.717) is 5.92 Å². The van der Waals surface area contributed by atoms with Gasteiger partial charge in [-0.25, -0.2) is 9.97 Å². The number of halogens is 1. The fourth-order valence-corrected chi connectivity index (χ4v) is 3.65. The Labute approximate surface area is 131 Å². The Bertz CT molecular complexity index is 564. The summed E-state index contributed by atoms with van der Waals surface area (Å²) in [7, 11) is 0. The van der Waals surface area contributed by atoms with Crippen molar-refractivity contribution in [1.29, 1.82) is 0 Å². The van der Waals surface area contributed by atoms with Gasteiger partial charge in [0.2, 0.25) is 0 Å². The molecule has 19 heavy (non-hydrogen) atoms. The summed E-state index contributed by atoms with van der Waals surface area (Å²) in [6, 6.07) is 4.23. The van der Waals surface area contributed by atoms with E-state index in [9.17, 15) is 0 Å². The van der Waals surface area contributed by atoms with Gasteiger partial charge in [0.15, 0.2) is 0 Å². The number of anilines is 1. The SMILES string of the molecule is CCNc1nc(Cc2cccs2)nc(C2CC2)c1I. The van der Waals surface area contributed by atoms with Gasteiger partial charge in [0.25, 0.3) is 0 Å². The van der Waals surface area contributed by atoms with Crippen LogP contribution in [0.2, 0.25) is 0 Å². The first-order chi connectivity index (χ1) is 9.28. The van der Waals surface area contributed by atoms with Crippen molar-refractivity contribution < 1.29 is 0 Å². The zero-order chi connectivity index (χ0) is 13.2. The molecule has 0 saturated heterocycles. The molecular weight excluding hydrogens is 369 g/mol. The molecule has 1 aliphatic carbocycles. The highest BCUT2D eigenvalue weighted by Gasteiger charge is 2.29. The van der Waals surface area contributed by atoms with Gasteiger partial charge >= 0.3 is 0 Å². The smallest absolute Gasteiger partial charge is 0.143 e. The molecule has 2 aromatic rings. The molecule has 3 nitrogen and oxygen atoms in total. The molecule has 100 valence electrons. The van der Waals surface area contributed by atoms with Gasteiger partial charge in [0, 0.05) is 23.8 Å². The second kappa shape index (κ2) is 5.75. The summed E-state index contributed by atoms with van der Waals surface area (Å²) in [6.45, 7) is 3.00. The van der Waals surface area contributed by atoms with Crippen LogP contribution in [0.5, 0.6) is 0 Å². The Hall–Kier alpha value is -0.690. The van der Waals surface area contributed by atoms with Gasteiger partial charge in [0.1, 0.15) is 11.6 Å². The standard InChI is InChI=1S/C14H16IN3S/c1-2-16-14-12(15)13(9-5-6-9)17-11(18-14)8-10-4-3-7-19-10/h3-4,7,9H,2,5-6,8H2,1H3,(H,16,17,18). The molecule has 1 fully saturated rings. The second-order valence-corrected chi connectivity index (χ2v) is 6.86. The Morgan fingerprint density at radius 2 is 2.26 bits per heavy atom. The third-order valence-electron chi connectivity index (χ3n) is 3.14. The lowest BCUT2D eigenvalue weighted by Gasteiger charge is -2.11. The third kappa shape index (κ3) is 3.08. The number of nitrogens with one attached hydrogen (secondary N) is 1. The number of aromatic nitrogens is 2. The molecule has 0 radical (unpaired) electrons. The summed E-state index contributed by atoms with van der Waals surface area (Å²) in [5, 5.41) is 5.47. The van der Waals surface area contributed by atoms with E-state index in [1.165, 1.54) is 27.0 Å². The Kier molecular flexibility index (Phi) is 4.02. The van der Waals surface area contributed by atoms with Gasteiger partial charge in [-0.1, -0.05) is 6.07 Å². The summed E-state index contributed by atoms with van der Waals surface area (Å²) in [5.41, 5.74) is 1.25. The first-order valence-electron chi connectivity index (χ1n) is 6.60. The number of hydrogen-bond donors (Lipinski definition) is 1. The summed E-state index contributed by atoms with van der Waals surface area (Å²) in [4.78, 5) is 10.8. The van der Waals surface area contributed by atoms with E-state index in [4.69, 9.17) is 4.98 Å². The van der Waals surface area contributed by atoms with Crippen LogP contribution in [0.25, 0.3) is 0 Å². The molecule has 2 heterocycles. The molecule has 5 heteroatoms. The van der Waals surface area contributed by atoms with Gasteiger partial charge in [-0.05, 0) is 53.8 Å². The fraction of sp³-hybridized carbons (Fsp3) is 0.429. The van der Waals surface area contributed by atoms with Crippen LogP contribution < -0.4 is 5.32 Å². The molecule has 0 spiro atoms. The zero-order valence-electron chi connectivity index (χ0n) is 10.8. The minimum atomic E-state index is 0.661. The van der Waals surface area contributed by atoms with E-state index in [2.05, 4.69) is 57.3 Å². The van der Waals surface area contributed by atoms with E-state index in [1.54, 1.807) is 11.3 Å². The van der Waals surface area contributed by atoms with E-state index in [0.717, 1.165) is 24.6 Å². The molecule has 1 N–H and O–H groups in total. The average molecular weight is 385 g/mol. The third-order valence-corrected chi connectivity index (χ3v) is 5.08. The van der Waals surface area contributed by atoms with Crippen molar-refractivity contribution in [2.24, 2.45) is 0 Å². The van der Waals surface area contributed by atoms with Crippen LogP contribution in [0.3, 0.4) is 0 Å². The lowest BCUT2D eigenvalue weighted by molar-refractivity contribution is 0.892. The second-order valence-electron chi connectivity index (χ2n) is 4.75. The minimum absolute atomic E-state index is 0.661. The topological polar surface area (TPSA) is 37.8 Å². The lowest BCUT2D eigenvalue weighted by Crippen LogP contribution is -2.09. The normalized spacial score (nSPS) is 14.6. The van der Waals surface area contributed by atoms with Crippen LogP contribution in [-0.2, 0) is 6.42 Å². The van der Waals surface area contributed by atoms with E-state index >= 15 is 0 Å². The number of thiophene rings is 1. The van der Waals surface area contributed by atoms with E-state index in [-0.39, 0.29) is 0 Å². The maximum Gasteiger partial charge on any atom is 0.143 e. The molecule has 3 rings (SSSR count). The van der Waals surface area contributed by atoms with Crippen molar-refractivity contribution in [3.63, 3.8) is 0 Å². The first-order valence-corrected chi connectivity index (χ1v) is 8.56. The number of rotatable bonds is 5. The predicted octanol–water partition coefficient (Wildman–Crippen LogP) is 4.04. The van der Waals surface area contributed by atoms with Crippen molar-refractivity contribution >= 4 is 39.7 Å². The summed E-state index contributed by atoms with van der Waals surface area (Å²) in [6.07, 6.45) is 3.39. The Balaban J connectivity index is 1.94.